The van der Waals surface area contributed by atoms with Crippen LogP contribution in [0.15, 0.2) is 66.9 Å². The third-order valence-electron chi connectivity index (χ3n) is 3.87. The fraction of sp³-hybridized carbons (Fsp3) is 0.100. The lowest BCUT2D eigenvalue weighted by atomic mass is 10.1. The lowest BCUT2D eigenvalue weighted by Gasteiger charge is -2.17. The molecule has 1 heterocycles. The quantitative estimate of drug-likeness (QED) is 0.713. The number of para-hydroxylation sites is 1. The minimum Gasteiger partial charge on any atom is -0.321 e. The minimum absolute atomic E-state index is 0.0210. The number of benzene rings is 2. The van der Waals surface area contributed by atoms with Gasteiger partial charge in [0.2, 0.25) is 5.95 Å². The molecular formula is C20H18N4O2. The molecule has 0 unspecified atom stereocenters. The lowest BCUT2D eigenvalue weighted by molar-refractivity contribution is 0.101. The second-order valence-electron chi connectivity index (χ2n) is 5.72. The molecule has 6 nitrogen and oxygen atoms in total. The summed E-state index contributed by atoms with van der Waals surface area (Å²) in [7, 11) is 1.84. The maximum absolute atomic E-state index is 12.5. The lowest BCUT2D eigenvalue weighted by Crippen LogP contribution is -2.18. The van der Waals surface area contributed by atoms with E-state index in [0.717, 1.165) is 5.69 Å². The number of carbonyl (C=O) groups excluding carboxylic acids is 2. The number of anilines is 3. The van der Waals surface area contributed by atoms with E-state index in [1.54, 1.807) is 41.4 Å². The van der Waals surface area contributed by atoms with Crippen molar-refractivity contribution in [3.8, 4) is 0 Å². The molecule has 3 aromatic rings. The van der Waals surface area contributed by atoms with Gasteiger partial charge in [-0.2, -0.15) is 0 Å². The van der Waals surface area contributed by atoms with Gasteiger partial charge in [-0.15, -0.1) is 0 Å². The van der Waals surface area contributed by atoms with E-state index < -0.39 is 0 Å². The van der Waals surface area contributed by atoms with Crippen LogP contribution in [0.4, 0.5) is 17.3 Å². The zero-order valence-corrected chi connectivity index (χ0v) is 14.5. The molecule has 26 heavy (non-hydrogen) atoms. The molecule has 0 saturated carbocycles. The summed E-state index contributed by atoms with van der Waals surface area (Å²) >= 11 is 0. The van der Waals surface area contributed by atoms with Crippen molar-refractivity contribution in [2.45, 2.75) is 6.92 Å². The first-order chi connectivity index (χ1) is 12.5. The van der Waals surface area contributed by atoms with E-state index in [-0.39, 0.29) is 17.4 Å². The number of aromatic nitrogens is 2. The highest BCUT2D eigenvalue weighted by atomic mass is 16.2. The Kier molecular flexibility index (Phi) is 5.03. The highest BCUT2D eigenvalue weighted by Crippen LogP contribution is 2.19. The first-order valence-corrected chi connectivity index (χ1v) is 8.09. The van der Waals surface area contributed by atoms with Crippen molar-refractivity contribution in [3.63, 3.8) is 0 Å². The Morgan fingerprint density at radius 2 is 1.65 bits per heavy atom. The van der Waals surface area contributed by atoms with E-state index in [1.807, 2.05) is 37.4 Å². The summed E-state index contributed by atoms with van der Waals surface area (Å²) in [5.41, 5.74) is 2.37. The predicted octanol–water partition coefficient (Wildman–Crippen LogP) is 3.70. The van der Waals surface area contributed by atoms with E-state index in [9.17, 15) is 9.59 Å². The third kappa shape index (κ3) is 3.92. The Bertz CT molecular complexity index is 924. The maximum atomic E-state index is 12.5. The smallest absolute Gasteiger partial charge is 0.274 e. The Morgan fingerprint density at radius 1 is 0.962 bits per heavy atom. The van der Waals surface area contributed by atoms with Gasteiger partial charge in [0.25, 0.3) is 5.91 Å². The summed E-state index contributed by atoms with van der Waals surface area (Å²) in [5.74, 6) is 0.0636. The van der Waals surface area contributed by atoms with Crippen LogP contribution in [0.25, 0.3) is 0 Å². The molecular weight excluding hydrogens is 328 g/mol. The maximum Gasteiger partial charge on any atom is 0.274 e. The van der Waals surface area contributed by atoms with Gasteiger partial charge in [0.05, 0.1) is 0 Å². The Labute approximate surface area is 151 Å². The molecule has 130 valence electrons. The second-order valence-corrected chi connectivity index (χ2v) is 5.72. The number of nitrogens with one attached hydrogen (secondary N) is 1. The van der Waals surface area contributed by atoms with Crippen LogP contribution in [0.2, 0.25) is 0 Å². The fourth-order valence-electron chi connectivity index (χ4n) is 2.39. The molecule has 0 saturated heterocycles. The average Bonchev–Trinajstić information content (AvgIpc) is 2.68. The summed E-state index contributed by atoms with van der Waals surface area (Å²) in [6.45, 7) is 1.50. The number of Topliss-reactive ketones (excluding diaryl/α,β-unsaturated/α-hetero) is 1. The molecule has 0 atom stereocenters. The highest BCUT2D eigenvalue weighted by molar-refractivity contribution is 6.03. The van der Waals surface area contributed by atoms with Crippen molar-refractivity contribution in [1.82, 2.24) is 9.97 Å². The fourth-order valence-corrected chi connectivity index (χ4v) is 2.39. The second kappa shape index (κ2) is 7.57. The van der Waals surface area contributed by atoms with E-state index in [1.165, 1.54) is 6.92 Å². The van der Waals surface area contributed by atoms with Gasteiger partial charge in [-0.25, -0.2) is 9.97 Å². The predicted molar refractivity (Wildman–Crippen MR) is 101 cm³/mol. The number of amides is 1. The van der Waals surface area contributed by atoms with E-state index in [0.29, 0.717) is 17.2 Å². The van der Waals surface area contributed by atoms with Gasteiger partial charge in [-0.05, 0) is 49.4 Å². The number of carbonyl (C=O) groups is 2. The molecule has 2 aromatic carbocycles. The zero-order chi connectivity index (χ0) is 18.5. The molecule has 0 fully saturated rings. The Balaban J connectivity index is 1.77. The van der Waals surface area contributed by atoms with E-state index >= 15 is 0 Å². The number of hydrogen-bond donors (Lipinski definition) is 1. The largest absolute Gasteiger partial charge is 0.321 e. The van der Waals surface area contributed by atoms with Crippen molar-refractivity contribution < 1.29 is 9.59 Å². The SMILES string of the molecule is CC(=O)c1ccc(NC(=O)c2ccnc(N(C)c3ccccc3)n2)cc1. The number of nitrogens with zero attached hydrogens (tertiary/aromatic N) is 3. The van der Waals surface area contributed by atoms with Gasteiger partial charge in [0.15, 0.2) is 5.78 Å². The van der Waals surface area contributed by atoms with Crippen LogP contribution in [-0.4, -0.2) is 28.7 Å². The molecule has 0 aliphatic heterocycles. The van der Waals surface area contributed by atoms with E-state index in [4.69, 9.17) is 0 Å². The average molecular weight is 346 g/mol. The Hall–Kier alpha value is -3.54. The van der Waals surface area contributed by atoms with Crippen molar-refractivity contribution >= 4 is 29.0 Å². The number of ketones is 1. The van der Waals surface area contributed by atoms with Crippen molar-refractivity contribution in [2.75, 3.05) is 17.3 Å². The molecule has 1 amide bonds. The van der Waals surface area contributed by atoms with E-state index in [2.05, 4.69) is 15.3 Å². The number of hydrogen-bond acceptors (Lipinski definition) is 5. The standard InChI is InChI=1S/C20H18N4O2/c1-14(25)15-8-10-16(11-9-15)22-19(26)18-12-13-21-20(23-18)24(2)17-6-4-3-5-7-17/h3-13H,1-2H3,(H,22,26). The summed E-state index contributed by atoms with van der Waals surface area (Å²) in [4.78, 5) is 34.1. The van der Waals surface area contributed by atoms with Gasteiger partial charge >= 0.3 is 0 Å². The number of rotatable bonds is 5. The van der Waals surface area contributed by atoms with Crippen LogP contribution in [-0.2, 0) is 0 Å². The van der Waals surface area contributed by atoms with Gasteiger partial charge < -0.3 is 10.2 Å². The topological polar surface area (TPSA) is 75.2 Å². The summed E-state index contributed by atoms with van der Waals surface area (Å²) in [6, 6.07) is 17.9. The van der Waals surface area contributed by atoms with Crippen molar-refractivity contribution in [1.29, 1.82) is 0 Å². The van der Waals surface area contributed by atoms with Crippen LogP contribution < -0.4 is 10.2 Å². The summed E-state index contributed by atoms with van der Waals surface area (Å²) < 4.78 is 0. The van der Waals surface area contributed by atoms with Crippen molar-refractivity contribution in [2.24, 2.45) is 0 Å². The molecule has 6 heteroatoms. The van der Waals surface area contributed by atoms with Crippen molar-refractivity contribution in [3.05, 3.63) is 78.1 Å². The zero-order valence-electron chi connectivity index (χ0n) is 14.5. The van der Waals surface area contributed by atoms with Gasteiger partial charge in [-0.3, -0.25) is 9.59 Å². The van der Waals surface area contributed by atoms with Crippen LogP contribution in [0, 0.1) is 0 Å². The molecule has 3 rings (SSSR count). The Morgan fingerprint density at radius 3 is 2.31 bits per heavy atom. The third-order valence-corrected chi connectivity index (χ3v) is 3.87. The van der Waals surface area contributed by atoms with Crippen LogP contribution in [0.5, 0.6) is 0 Å². The molecule has 1 aromatic heterocycles. The monoisotopic (exact) mass is 346 g/mol. The molecule has 1 N–H and O–H groups in total. The molecule has 0 aliphatic carbocycles. The van der Waals surface area contributed by atoms with Crippen LogP contribution >= 0.6 is 0 Å². The van der Waals surface area contributed by atoms with Gasteiger partial charge in [0, 0.05) is 30.2 Å². The van der Waals surface area contributed by atoms with Gasteiger partial charge in [-0.1, -0.05) is 18.2 Å². The van der Waals surface area contributed by atoms with Crippen LogP contribution in [0.3, 0.4) is 0 Å². The van der Waals surface area contributed by atoms with Gasteiger partial charge in [0.1, 0.15) is 5.69 Å². The molecule has 0 bridgehead atoms. The summed E-state index contributed by atoms with van der Waals surface area (Å²) in [5, 5.41) is 2.77. The first kappa shape index (κ1) is 17.3. The normalized spacial score (nSPS) is 10.2. The highest BCUT2D eigenvalue weighted by Gasteiger charge is 2.12. The van der Waals surface area contributed by atoms with Crippen LogP contribution in [0.1, 0.15) is 27.8 Å². The summed E-state index contributed by atoms with van der Waals surface area (Å²) in [6.07, 6.45) is 1.55. The first-order valence-electron chi connectivity index (χ1n) is 8.09. The molecule has 0 radical (unpaired) electrons. The minimum atomic E-state index is -0.342. The molecule has 0 aliphatic rings. The molecule has 0 spiro atoms.